The summed E-state index contributed by atoms with van der Waals surface area (Å²) in [7, 11) is 1.55. The van der Waals surface area contributed by atoms with Gasteiger partial charge in [-0.25, -0.2) is 0 Å². The van der Waals surface area contributed by atoms with E-state index >= 15 is 0 Å². The molecule has 0 radical (unpaired) electrons. The summed E-state index contributed by atoms with van der Waals surface area (Å²) >= 11 is 5.29. The van der Waals surface area contributed by atoms with Crippen molar-refractivity contribution in [2.75, 3.05) is 12.0 Å². The number of nitrogens with one attached hydrogen (secondary N) is 1. The minimum Gasteiger partial charge on any atom is -0.497 e. The van der Waals surface area contributed by atoms with Gasteiger partial charge in [-0.3, -0.25) is 29.9 Å². The van der Waals surface area contributed by atoms with Crippen molar-refractivity contribution in [1.29, 1.82) is 0 Å². The molecule has 2 amide bonds. The van der Waals surface area contributed by atoms with Crippen LogP contribution in [0.25, 0.3) is 17.0 Å². The molecule has 1 aromatic heterocycles. The van der Waals surface area contributed by atoms with Gasteiger partial charge in [0.2, 0.25) is 0 Å². The molecule has 2 heterocycles. The monoisotopic (exact) mass is 512 g/mol. The van der Waals surface area contributed by atoms with Crippen molar-refractivity contribution in [3.63, 3.8) is 0 Å². The Morgan fingerprint density at radius 2 is 1.73 bits per heavy atom. The molecule has 0 unspecified atom stereocenters. The Labute approximate surface area is 216 Å². The molecule has 0 aliphatic carbocycles. The lowest BCUT2D eigenvalue weighted by atomic mass is 10.1. The fraction of sp³-hybridized carbons (Fsp3) is 0.0741. The van der Waals surface area contributed by atoms with Crippen molar-refractivity contribution in [3.8, 4) is 5.75 Å². The predicted octanol–water partition coefficient (Wildman–Crippen LogP) is 4.44. The Kier molecular flexibility index (Phi) is 6.24. The van der Waals surface area contributed by atoms with Crippen LogP contribution in [-0.4, -0.2) is 33.5 Å². The van der Waals surface area contributed by atoms with Crippen LogP contribution in [0.3, 0.4) is 0 Å². The molecule has 0 spiro atoms. The minimum absolute atomic E-state index is 0.00193. The predicted molar refractivity (Wildman–Crippen MR) is 143 cm³/mol. The van der Waals surface area contributed by atoms with E-state index in [2.05, 4.69) is 5.32 Å². The molecule has 3 aromatic carbocycles. The van der Waals surface area contributed by atoms with Crippen molar-refractivity contribution in [2.24, 2.45) is 0 Å². The number of nitro groups is 1. The first-order chi connectivity index (χ1) is 17.9. The maximum Gasteiger partial charge on any atom is 0.270 e. The molecule has 37 heavy (non-hydrogen) atoms. The number of nitro benzene ring substituents is 1. The minimum atomic E-state index is -0.577. The second kappa shape index (κ2) is 9.67. The average molecular weight is 513 g/mol. The standard InChI is InChI=1S/C27H20N4O5S/c1-36-21-12-10-19(11-13-21)30-26(33)23(25(32)28-27(30)37)14-18-16-29(24-5-3-2-4-22(18)24)15-17-6-8-20(9-7-17)31(34)35/h2-14,16H,15H2,1H3,(H,28,32,37)/b23-14+. The fourth-order valence-electron chi connectivity index (χ4n) is 4.22. The summed E-state index contributed by atoms with van der Waals surface area (Å²) in [5.74, 6) is -0.488. The summed E-state index contributed by atoms with van der Waals surface area (Å²) in [4.78, 5) is 38.1. The van der Waals surface area contributed by atoms with Crippen LogP contribution in [0.4, 0.5) is 11.4 Å². The van der Waals surface area contributed by atoms with Crippen LogP contribution < -0.4 is 15.0 Å². The van der Waals surface area contributed by atoms with Gasteiger partial charge in [-0.1, -0.05) is 30.3 Å². The molecule has 5 rings (SSSR count). The molecule has 4 aromatic rings. The van der Waals surface area contributed by atoms with Gasteiger partial charge in [-0.15, -0.1) is 0 Å². The van der Waals surface area contributed by atoms with Crippen LogP contribution >= 0.6 is 12.2 Å². The summed E-state index contributed by atoms with van der Waals surface area (Å²) in [6, 6.07) is 20.7. The average Bonchev–Trinajstić information content (AvgIpc) is 3.24. The van der Waals surface area contributed by atoms with Gasteiger partial charge in [0.1, 0.15) is 11.3 Å². The number of hydrogen-bond acceptors (Lipinski definition) is 6. The summed E-state index contributed by atoms with van der Waals surface area (Å²) in [6.45, 7) is 0.448. The highest BCUT2D eigenvalue weighted by Crippen LogP contribution is 2.28. The summed E-state index contributed by atoms with van der Waals surface area (Å²) < 4.78 is 7.15. The number of rotatable bonds is 6. The third-order valence-electron chi connectivity index (χ3n) is 6.05. The molecule has 1 saturated heterocycles. The van der Waals surface area contributed by atoms with E-state index in [9.17, 15) is 19.7 Å². The van der Waals surface area contributed by atoms with Crippen LogP contribution in [0.15, 0.2) is 84.6 Å². The fourth-order valence-corrected chi connectivity index (χ4v) is 4.50. The molecule has 0 bridgehead atoms. The highest BCUT2D eigenvalue weighted by Gasteiger charge is 2.34. The first-order valence-corrected chi connectivity index (χ1v) is 11.6. The molecule has 1 aliphatic rings. The maximum atomic E-state index is 13.4. The van der Waals surface area contributed by atoms with E-state index in [4.69, 9.17) is 17.0 Å². The molecule has 184 valence electrons. The number of hydrogen-bond donors (Lipinski definition) is 1. The molecule has 1 N–H and O–H groups in total. The van der Waals surface area contributed by atoms with Crippen molar-refractivity contribution in [1.82, 2.24) is 9.88 Å². The third kappa shape index (κ3) is 4.57. The largest absolute Gasteiger partial charge is 0.497 e. The molecule has 10 heteroatoms. The summed E-state index contributed by atoms with van der Waals surface area (Å²) in [5.41, 5.74) is 2.91. The Morgan fingerprint density at radius 3 is 2.41 bits per heavy atom. The normalized spacial score (nSPS) is 14.8. The van der Waals surface area contributed by atoms with Crippen LogP contribution in [0.1, 0.15) is 11.1 Å². The van der Waals surface area contributed by atoms with Gasteiger partial charge in [-0.2, -0.15) is 0 Å². The number of carbonyl (C=O) groups is 2. The topological polar surface area (TPSA) is 107 Å². The number of amides is 2. The number of anilines is 1. The molecular formula is C27H20N4O5S. The zero-order chi connectivity index (χ0) is 26.1. The molecule has 1 aliphatic heterocycles. The van der Waals surface area contributed by atoms with Gasteiger partial charge in [-0.05, 0) is 54.2 Å². The summed E-state index contributed by atoms with van der Waals surface area (Å²) in [5, 5.41) is 14.4. The van der Waals surface area contributed by atoms with Crippen LogP contribution in [0, 0.1) is 10.1 Å². The molecular weight excluding hydrogens is 492 g/mol. The third-order valence-corrected chi connectivity index (χ3v) is 6.34. The van der Waals surface area contributed by atoms with E-state index in [1.54, 1.807) is 49.6 Å². The van der Waals surface area contributed by atoms with Crippen molar-refractivity contribution >= 4 is 57.5 Å². The maximum absolute atomic E-state index is 13.4. The van der Waals surface area contributed by atoms with E-state index in [-0.39, 0.29) is 16.4 Å². The van der Waals surface area contributed by atoms with Gasteiger partial charge < -0.3 is 9.30 Å². The zero-order valence-corrected chi connectivity index (χ0v) is 20.4. The van der Waals surface area contributed by atoms with E-state index in [0.717, 1.165) is 16.5 Å². The Hall–Kier alpha value is -4.83. The van der Waals surface area contributed by atoms with Crippen LogP contribution in [0.2, 0.25) is 0 Å². The van der Waals surface area contributed by atoms with Crippen molar-refractivity contribution < 1.29 is 19.2 Å². The number of methoxy groups -OCH3 is 1. The van der Waals surface area contributed by atoms with Crippen LogP contribution in [0.5, 0.6) is 5.75 Å². The quantitative estimate of drug-likeness (QED) is 0.135. The number of ether oxygens (including phenoxy) is 1. The van der Waals surface area contributed by atoms with Gasteiger partial charge in [0.25, 0.3) is 17.5 Å². The molecule has 9 nitrogen and oxygen atoms in total. The highest BCUT2D eigenvalue weighted by atomic mass is 32.1. The Morgan fingerprint density at radius 1 is 1.03 bits per heavy atom. The zero-order valence-electron chi connectivity index (χ0n) is 19.6. The van der Waals surface area contributed by atoms with Crippen molar-refractivity contribution in [2.45, 2.75) is 6.54 Å². The lowest BCUT2D eigenvalue weighted by Gasteiger charge is -2.29. The number of benzene rings is 3. The molecule has 1 fully saturated rings. The van der Waals surface area contributed by atoms with Gasteiger partial charge >= 0.3 is 0 Å². The number of aromatic nitrogens is 1. The first-order valence-electron chi connectivity index (χ1n) is 11.2. The van der Waals surface area contributed by atoms with Crippen molar-refractivity contribution in [3.05, 3.63) is 106 Å². The number of para-hydroxylation sites is 1. The lowest BCUT2D eigenvalue weighted by molar-refractivity contribution is -0.384. The Balaban J connectivity index is 1.52. The van der Waals surface area contributed by atoms with E-state index in [1.165, 1.54) is 17.0 Å². The Bertz CT molecular complexity index is 1590. The van der Waals surface area contributed by atoms with Gasteiger partial charge in [0.15, 0.2) is 5.11 Å². The van der Waals surface area contributed by atoms with Crippen LogP contribution in [-0.2, 0) is 16.1 Å². The van der Waals surface area contributed by atoms with Gasteiger partial charge in [0.05, 0.1) is 17.7 Å². The van der Waals surface area contributed by atoms with E-state index < -0.39 is 16.7 Å². The van der Waals surface area contributed by atoms with E-state index in [1.807, 2.05) is 35.0 Å². The number of carbonyl (C=O) groups excluding carboxylic acids is 2. The highest BCUT2D eigenvalue weighted by molar-refractivity contribution is 7.80. The number of fused-ring (bicyclic) bond motifs is 1. The second-order valence-electron chi connectivity index (χ2n) is 8.31. The second-order valence-corrected chi connectivity index (χ2v) is 8.70. The smallest absolute Gasteiger partial charge is 0.270 e. The first kappa shape index (κ1) is 23.9. The molecule has 0 saturated carbocycles. The molecule has 0 atom stereocenters. The lowest BCUT2D eigenvalue weighted by Crippen LogP contribution is -2.54. The number of nitrogens with zero attached hydrogens (tertiary/aromatic N) is 3. The number of non-ortho nitro benzene ring substituents is 1. The summed E-state index contributed by atoms with van der Waals surface area (Å²) in [6.07, 6.45) is 3.41. The SMILES string of the molecule is COc1ccc(N2C(=O)/C(=C/c3cn(Cc4ccc([N+](=O)[O-])cc4)c4ccccc34)C(=O)NC2=S)cc1. The van der Waals surface area contributed by atoms with Gasteiger partial charge in [0, 0.05) is 41.3 Å². The van der Waals surface area contributed by atoms with E-state index in [0.29, 0.717) is 23.5 Å². The number of thiocarbonyl (C=S) groups is 1.